The molecular weight excluding hydrogens is 368 g/mol. The zero-order valence-electron chi connectivity index (χ0n) is 11.7. The Balaban J connectivity index is 2.19. The number of β-lactam (4-membered cyclic amide) rings is 1. The lowest BCUT2D eigenvalue weighted by Crippen LogP contribution is -2.45. The standard InChI is InChI=1S/C14H7Cl2F3N4O/c15-9-3-8(14(17,18)19)4-10(16)12(9)23-13(7(5-20)6-21-23)22-2-1-11(22)24/h3-4,6H,1-2H2. The monoisotopic (exact) mass is 374 g/mol. The lowest BCUT2D eigenvalue weighted by atomic mass is 10.1. The SMILES string of the molecule is N#Cc1cnn(-c2c(Cl)cc(C(F)(F)F)cc2Cl)c1N1CCC1=O. The number of amides is 1. The summed E-state index contributed by atoms with van der Waals surface area (Å²) in [6, 6.07) is 3.33. The molecule has 1 fully saturated rings. The van der Waals surface area contributed by atoms with Gasteiger partial charge in [0, 0.05) is 13.0 Å². The number of alkyl halides is 3. The van der Waals surface area contributed by atoms with Crippen molar-refractivity contribution in [2.45, 2.75) is 12.6 Å². The fraction of sp³-hybridized carbons (Fsp3) is 0.214. The molecule has 0 saturated carbocycles. The van der Waals surface area contributed by atoms with E-state index >= 15 is 0 Å². The molecule has 1 aromatic heterocycles. The van der Waals surface area contributed by atoms with Crippen molar-refractivity contribution < 1.29 is 18.0 Å². The van der Waals surface area contributed by atoms with Crippen molar-refractivity contribution >= 4 is 34.9 Å². The van der Waals surface area contributed by atoms with Crippen molar-refractivity contribution in [2.75, 3.05) is 11.4 Å². The van der Waals surface area contributed by atoms with Crippen LogP contribution in [0.1, 0.15) is 17.5 Å². The van der Waals surface area contributed by atoms with Crippen LogP contribution >= 0.6 is 23.2 Å². The fourth-order valence-corrected chi connectivity index (χ4v) is 2.96. The van der Waals surface area contributed by atoms with Crippen molar-refractivity contribution in [3.8, 4) is 11.8 Å². The number of anilines is 1. The van der Waals surface area contributed by atoms with Crippen LogP contribution in [0.25, 0.3) is 5.69 Å². The third kappa shape index (κ3) is 2.60. The summed E-state index contributed by atoms with van der Waals surface area (Å²) < 4.78 is 39.6. The largest absolute Gasteiger partial charge is 0.416 e. The topological polar surface area (TPSA) is 61.9 Å². The molecule has 0 aliphatic carbocycles. The third-order valence-electron chi connectivity index (χ3n) is 3.53. The lowest BCUT2D eigenvalue weighted by Gasteiger charge is -2.31. The molecule has 124 valence electrons. The maximum atomic E-state index is 12.8. The van der Waals surface area contributed by atoms with Gasteiger partial charge in [0.25, 0.3) is 0 Å². The Labute approximate surface area is 143 Å². The Bertz CT molecular complexity index is 862. The molecule has 2 heterocycles. The smallest absolute Gasteiger partial charge is 0.295 e. The van der Waals surface area contributed by atoms with Gasteiger partial charge in [0.05, 0.1) is 21.8 Å². The van der Waals surface area contributed by atoms with E-state index in [0.717, 1.165) is 16.8 Å². The summed E-state index contributed by atoms with van der Waals surface area (Å²) in [5.74, 6) is -0.0929. The zero-order chi connectivity index (χ0) is 17.6. The molecule has 0 radical (unpaired) electrons. The fourth-order valence-electron chi connectivity index (χ4n) is 2.31. The molecule has 0 unspecified atom stereocenters. The van der Waals surface area contributed by atoms with E-state index in [0.29, 0.717) is 13.0 Å². The van der Waals surface area contributed by atoms with Gasteiger partial charge in [0.15, 0.2) is 5.82 Å². The van der Waals surface area contributed by atoms with Crippen LogP contribution in [-0.2, 0) is 11.0 Å². The van der Waals surface area contributed by atoms with Gasteiger partial charge in [-0.1, -0.05) is 23.2 Å². The Morgan fingerprint density at radius 2 is 1.88 bits per heavy atom. The van der Waals surface area contributed by atoms with Crippen molar-refractivity contribution in [3.63, 3.8) is 0 Å². The number of carbonyl (C=O) groups is 1. The number of hydrogen-bond donors (Lipinski definition) is 0. The Morgan fingerprint density at radius 1 is 1.25 bits per heavy atom. The predicted octanol–water partition coefficient (Wildman–Crippen LogP) is 3.81. The highest BCUT2D eigenvalue weighted by molar-refractivity contribution is 6.38. The van der Waals surface area contributed by atoms with E-state index < -0.39 is 11.7 Å². The summed E-state index contributed by atoms with van der Waals surface area (Å²) >= 11 is 11.9. The van der Waals surface area contributed by atoms with Crippen molar-refractivity contribution in [3.05, 3.63) is 39.5 Å². The molecule has 1 aromatic carbocycles. The number of hydrogen-bond acceptors (Lipinski definition) is 3. The average Bonchev–Trinajstić information content (AvgIpc) is 2.87. The van der Waals surface area contributed by atoms with Crippen molar-refractivity contribution in [1.29, 1.82) is 5.26 Å². The summed E-state index contributed by atoms with van der Waals surface area (Å²) in [4.78, 5) is 13.0. The first-order valence-electron chi connectivity index (χ1n) is 6.59. The maximum Gasteiger partial charge on any atom is 0.416 e. The number of carbonyl (C=O) groups excluding carboxylic acids is 1. The first kappa shape index (κ1) is 16.6. The molecule has 1 aliphatic rings. The molecule has 0 bridgehead atoms. The minimum Gasteiger partial charge on any atom is -0.295 e. The third-order valence-corrected chi connectivity index (χ3v) is 4.10. The molecule has 5 nitrogen and oxygen atoms in total. The van der Waals surface area contributed by atoms with Crippen LogP contribution in [0, 0.1) is 11.3 Å². The molecule has 1 saturated heterocycles. The average molecular weight is 375 g/mol. The first-order valence-corrected chi connectivity index (χ1v) is 7.34. The van der Waals surface area contributed by atoms with Crippen LogP contribution in [0.15, 0.2) is 18.3 Å². The molecule has 2 aromatic rings. The van der Waals surface area contributed by atoms with Crippen LogP contribution < -0.4 is 4.90 Å². The van der Waals surface area contributed by atoms with Crippen LogP contribution in [0.5, 0.6) is 0 Å². The molecule has 1 aliphatic heterocycles. The molecule has 0 spiro atoms. The van der Waals surface area contributed by atoms with Gasteiger partial charge in [-0.2, -0.15) is 23.5 Å². The summed E-state index contributed by atoms with van der Waals surface area (Å²) in [5.41, 5.74) is -0.937. The molecule has 1 amide bonds. The summed E-state index contributed by atoms with van der Waals surface area (Å²) in [6.45, 7) is 0.370. The number of halogens is 5. The van der Waals surface area contributed by atoms with Crippen LogP contribution in [0.2, 0.25) is 10.0 Å². The van der Waals surface area contributed by atoms with Crippen LogP contribution in [0.4, 0.5) is 19.0 Å². The van der Waals surface area contributed by atoms with Gasteiger partial charge in [0.2, 0.25) is 5.91 Å². The predicted molar refractivity (Wildman–Crippen MR) is 80.3 cm³/mol. The van der Waals surface area contributed by atoms with E-state index in [4.69, 9.17) is 28.5 Å². The number of nitriles is 1. The number of benzene rings is 1. The molecule has 0 N–H and O–H groups in total. The van der Waals surface area contributed by atoms with E-state index in [9.17, 15) is 18.0 Å². The Hall–Kier alpha value is -2.24. The first-order chi connectivity index (χ1) is 11.2. The summed E-state index contributed by atoms with van der Waals surface area (Å²) in [6.07, 6.45) is -3.10. The van der Waals surface area contributed by atoms with Crippen LogP contribution in [-0.4, -0.2) is 22.2 Å². The molecule has 0 atom stereocenters. The lowest BCUT2D eigenvalue weighted by molar-refractivity contribution is -0.137. The van der Waals surface area contributed by atoms with Crippen molar-refractivity contribution in [2.24, 2.45) is 0 Å². The molecular formula is C14H7Cl2F3N4O. The minimum atomic E-state index is -4.61. The van der Waals surface area contributed by atoms with Gasteiger partial charge >= 0.3 is 6.18 Å². The number of nitrogens with zero attached hydrogens (tertiary/aromatic N) is 4. The van der Waals surface area contributed by atoms with E-state index in [1.807, 2.05) is 6.07 Å². The van der Waals surface area contributed by atoms with Gasteiger partial charge < -0.3 is 0 Å². The van der Waals surface area contributed by atoms with Gasteiger partial charge in [0.1, 0.15) is 17.3 Å². The Morgan fingerprint density at radius 3 is 2.29 bits per heavy atom. The Kier molecular flexibility index (Phi) is 3.94. The van der Waals surface area contributed by atoms with Gasteiger partial charge in [-0.05, 0) is 12.1 Å². The summed E-state index contributed by atoms with van der Waals surface area (Å²) in [7, 11) is 0. The van der Waals surface area contributed by atoms with Gasteiger partial charge in [-0.15, -0.1) is 0 Å². The summed E-state index contributed by atoms with van der Waals surface area (Å²) in [5, 5.41) is 12.5. The highest BCUT2D eigenvalue weighted by Gasteiger charge is 2.35. The number of rotatable bonds is 2. The minimum absolute atomic E-state index is 0.0254. The second kappa shape index (κ2) is 5.69. The molecule has 24 heavy (non-hydrogen) atoms. The molecule has 10 heteroatoms. The van der Waals surface area contributed by atoms with Gasteiger partial charge in [-0.3, -0.25) is 9.69 Å². The zero-order valence-corrected chi connectivity index (χ0v) is 13.2. The number of aromatic nitrogens is 2. The second-order valence-electron chi connectivity index (χ2n) is 4.99. The highest BCUT2D eigenvalue weighted by atomic mass is 35.5. The molecule has 3 rings (SSSR count). The highest BCUT2D eigenvalue weighted by Crippen LogP contribution is 2.39. The van der Waals surface area contributed by atoms with E-state index in [2.05, 4.69) is 5.10 Å². The van der Waals surface area contributed by atoms with Gasteiger partial charge in [-0.25, -0.2) is 4.68 Å². The second-order valence-corrected chi connectivity index (χ2v) is 5.80. The normalized spacial score (nSPS) is 14.5. The van der Waals surface area contributed by atoms with E-state index in [1.54, 1.807) is 0 Å². The van der Waals surface area contributed by atoms with E-state index in [1.165, 1.54) is 11.1 Å². The van der Waals surface area contributed by atoms with E-state index in [-0.39, 0.29) is 33.0 Å². The van der Waals surface area contributed by atoms with Crippen LogP contribution in [0.3, 0.4) is 0 Å². The quantitative estimate of drug-likeness (QED) is 0.750. The maximum absolute atomic E-state index is 12.8. The van der Waals surface area contributed by atoms with Crippen molar-refractivity contribution in [1.82, 2.24) is 9.78 Å².